The quantitative estimate of drug-likeness (QED) is 0.798. The lowest BCUT2D eigenvalue weighted by Gasteiger charge is -2.38. The molecule has 4 nitrogen and oxygen atoms in total. The van der Waals surface area contributed by atoms with Crippen molar-refractivity contribution in [2.45, 2.75) is 70.6 Å². The number of amides is 1. The van der Waals surface area contributed by atoms with Gasteiger partial charge in [-0.1, -0.05) is 6.42 Å². The molecule has 2 heterocycles. The Bertz CT molecular complexity index is 367. The number of rotatable bonds is 3. The maximum absolute atomic E-state index is 14.9. The number of piperidine rings is 2. The molecule has 2 rings (SSSR count). The lowest BCUT2D eigenvalue weighted by Crippen LogP contribution is -2.47. The van der Waals surface area contributed by atoms with Gasteiger partial charge in [-0.3, -0.25) is 0 Å². The van der Waals surface area contributed by atoms with Crippen LogP contribution in [0.4, 0.5) is 9.18 Å². The van der Waals surface area contributed by atoms with Crippen LogP contribution in [0, 0.1) is 0 Å². The molecule has 0 saturated carbocycles. The second kappa shape index (κ2) is 7.16. The summed E-state index contributed by atoms with van der Waals surface area (Å²) in [5.74, 6) is 0. The number of likely N-dealkylation sites (tertiary alicyclic amines) is 2. The van der Waals surface area contributed by atoms with E-state index in [1.165, 1.54) is 19.3 Å². The fourth-order valence-corrected chi connectivity index (χ4v) is 3.21. The zero-order valence-electron chi connectivity index (χ0n) is 14.4. The van der Waals surface area contributed by atoms with E-state index in [-0.39, 0.29) is 6.09 Å². The molecular formula is C17H31FN2O2. The van der Waals surface area contributed by atoms with Crippen molar-refractivity contribution < 1.29 is 13.9 Å². The molecule has 0 aromatic heterocycles. The summed E-state index contributed by atoms with van der Waals surface area (Å²) in [6.07, 6.45) is 4.93. The van der Waals surface area contributed by atoms with Gasteiger partial charge in [0, 0.05) is 19.6 Å². The third-order valence-electron chi connectivity index (χ3n) is 4.64. The SMILES string of the molecule is CC(C)(C)OC(=O)N1CCC(F)(CCN2CCCCC2)CC1. The second-order valence-corrected chi connectivity index (χ2v) is 7.77. The summed E-state index contributed by atoms with van der Waals surface area (Å²) in [5.41, 5.74) is -1.61. The Morgan fingerprint density at radius 3 is 2.23 bits per heavy atom. The van der Waals surface area contributed by atoms with Crippen molar-refractivity contribution in [1.29, 1.82) is 0 Å². The molecule has 2 aliphatic heterocycles. The number of ether oxygens (including phenoxy) is 1. The molecule has 0 aromatic rings. The molecule has 0 aliphatic carbocycles. The second-order valence-electron chi connectivity index (χ2n) is 7.77. The topological polar surface area (TPSA) is 32.8 Å². The van der Waals surface area contributed by atoms with Crippen LogP contribution < -0.4 is 0 Å². The van der Waals surface area contributed by atoms with Gasteiger partial charge in [0.1, 0.15) is 11.3 Å². The molecule has 0 atom stereocenters. The van der Waals surface area contributed by atoms with E-state index >= 15 is 0 Å². The summed E-state index contributed by atoms with van der Waals surface area (Å²) in [4.78, 5) is 16.0. The van der Waals surface area contributed by atoms with Crippen LogP contribution in [0.15, 0.2) is 0 Å². The molecule has 0 radical (unpaired) electrons. The van der Waals surface area contributed by atoms with Gasteiger partial charge >= 0.3 is 6.09 Å². The summed E-state index contributed by atoms with van der Waals surface area (Å²) in [5, 5.41) is 0. The Kier molecular flexibility index (Phi) is 5.70. The summed E-state index contributed by atoms with van der Waals surface area (Å²) in [6, 6.07) is 0. The molecule has 2 fully saturated rings. The Morgan fingerprint density at radius 1 is 1.09 bits per heavy atom. The molecule has 0 bridgehead atoms. The number of hydrogen-bond donors (Lipinski definition) is 0. The average Bonchev–Trinajstić information content (AvgIpc) is 2.45. The summed E-state index contributed by atoms with van der Waals surface area (Å²) in [7, 11) is 0. The molecule has 0 unspecified atom stereocenters. The average molecular weight is 314 g/mol. The van der Waals surface area contributed by atoms with E-state index in [9.17, 15) is 9.18 Å². The van der Waals surface area contributed by atoms with Crippen molar-refractivity contribution in [2.24, 2.45) is 0 Å². The van der Waals surface area contributed by atoms with Gasteiger partial charge in [-0.25, -0.2) is 9.18 Å². The largest absolute Gasteiger partial charge is 0.444 e. The first kappa shape index (κ1) is 17.5. The Balaban J connectivity index is 1.74. The Morgan fingerprint density at radius 2 is 1.68 bits per heavy atom. The highest BCUT2D eigenvalue weighted by molar-refractivity contribution is 5.68. The lowest BCUT2D eigenvalue weighted by molar-refractivity contribution is -0.00103. The van der Waals surface area contributed by atoms with Crippen LogP contribution in [0.1, 0.15) is 59.3 Å². The van der Waals surface area contributed by atoms with Gasteiger partial charge in [0.05, 0.1) is 0 Å². The molecular weight excluding hydrogens is 283 g/mol. The van der Waals surface area contributed by atoms with Crippen LogP contribution in [0.5, 0.6) is 0 Å². The third-order valence-corrected chi connectivity index (χ3v) is 4.64. The Labute approximate surface area is 134 Å². The smallest absolute Gasteiger partial charge is 0.410 e. The van der Waals surface area contributed by atoms with Crippen LogP contribution in [-0.2, 0) is 4.74 Å². The zero-order valence-corrected chi connectivity index (χ0v) is 14.4. The van der Waals surface area contributed by atoms with Gasteiger partial charge in [-0.2, -0.15) is 0 Å². The van der Waals surface area contributed by atoms with Crippen molar-refractivity contribution >= 4 is 6.09 Å². The van der Waals surface area contributed by atoms with Crippen LogP contribution in [0.2, 0.25) is 0 Å². The van der Waals surface area contributed by atoms with E-state index in [2.05, 4.69) is 4.90 Å². The van der Waals surface area contributed by atoms with Crippen molar-refractivity contribution in [1.82, 2.24) is 9.80 Å². The van der Waals surface area contributed by atoms with E-state index in [0.717, 1.165) is 19.6 Å². The molecule has 1 amide bonds. The normalized spacial score (nSPS) is 23.4. The number of hydrogen-bond acceptors (Lipinski definition) is 3. The van der Waals surface area contributed by atoms with Gasteiger partial charge in [-0.15, -0.1) is 0 Å². The fraction of sp³-hybridized carbons (Fsp3) is 0.941. The first-order chi connectivity index (χ1) is 10.3. The van der Waals surface area contributed by atoms with E-state index in [4.69, 9.17) is 4.74 Å². The number of nitrogens with zero attached hydrogens (tertiary/aromatic N) is 2. The van der Waals surface area contributed by atoms with E-state index in [1.54, 1.807) is 4.90 Å². The summed E-state index contributed by atoms with van der Waals surface area (Å²) < 4.78 is 20.3. The predicted molar refractivity (Wildman–Crippen MR) is 85.8 cm³/mol. The number of carbonyl (C=O) groups is 1. The minimum atomic E-state index is -1.12. The number of carbonyl (C=O) groups excluding carboxylic acids is 1. The van der Waals surface area contributed by atoms with Crippen molar-refractivity contribution in [3.8, 4) is 0 Å². The van der Waals surface area contributed by atoms with Gasteiger partial charge in [0.15, 0.2) is 0 Å². The monoisotopic (exact) mass is 314 g/mol. The highest BCUT2D eigenvalue weighted by Gasteiger charge is 2.37. The van der Waals surface area contributed by atoms with Crippen molar-refractivity contribution in [2.75, 3.05) is 32.7 Å². The molecule has 0 spiro atoms. The first-order valence-electron chi connectivity index (χ1n) is 8.67. The zero-order chi connectivity index (χ0) is 16.2. The fourth-order valence-electron chi connectivity index (χ4n) is 3.21. The van der Waals surface area contributed by atoms with E-state index in [0.29, 0.717) is 32.4 Å². The Hall–Kier alpha value is -0.840. The lowest BCUT2D eigenvalue weighted by atomic mass is 9.90. The minimum Gasteiger partial charge on any atom is -0.444 e. The molecule has 0 N–H and O–H groups in total. The van der Waals surface area contributed by atoms with Gasteiger partial charge in [0.2, 0.25) is 0 Å². The van der Waals surface area contributed by atoms with Gasteiger partial charge < -0.3 is 14.5 Å². The molecule has 5 heteroatoms. The highest BCUT2D eigenvalue weighted by Crippen LogP contribution is 2.31. The molecule has 2 saturated heterocycles. The highest BCUT2D eigenvalue weighted by atomic mass is 19.1. The molecule has 128 valence electrons. The van der Waals surface area contributed by atoms with Crippen LogP contribution in [-0.4, -0.2) is 59.9 Å². The maximum atomic E-state index is 14.9. The van der Waals surface area contributed by atoms with Crippen LogP contribution in [0.25, 0.3) is 0 Å². The molecule has 22 heavy (non-hydrogen) atoms. The first-order valence-corrected chi connectivity index (χ1v) is 8.67. The number of halogens is 1. The van der Waals surface area contributed by atoms with Gasteiger partial charge in [-0.05, 0) is 66.0 Å². The standard InChI is InChI=1S/C17H31FN2O2/c1-16(2,3)22-15(21)20-13-8-17(18,9-14-20)7-12-19-10-5-4-6-11-19/h4-14H2,1-3H3. The third kappa shape index (κ3) is 5.41. The van der Waals surface area contributed by atoms with Gasteiger partial charge in [0.25, 0.3) is 0 Å². The van der Waals surface area contributed by atoms with E-state index < -0.39 is 11.3 Å². The maximum Gasteiger partial charge on any atom is 0.410 e. The van der Waals surface area contributed by atoms with Crippen molar-refractivity contribution in [3.05, 3.63) is 0 Å². The van der Waals surface area contributed by atoms with Crippen LogP contribution >= 0.6 is 0 Å². The van der Waals surface area contributed by atoms with Crippen molar-refractivity contribution in [3.63, 3.8) is 0 Å². The summed E-state index contributed by atoms with van der Waals surface area (Å²) in [6.45, 7) is 9.56. The van der Waals surface area contributed by atoms with Crippen LogP contribution in [0.3, 0.4) is 0 Å². The predicted octanol–water partition coefficient (Wildman–Crippen LogP) is 3.60. The molecule has 0 aromatic carbocycles. The summed E-state index contributed by atoms with van der Waals surface area (Å²) >= 11 is 0. The number of alkyl halides is 1. The van der Waals surface area contributed by atoms with E-state index in [1.807, 2.05) is 20.8 Å². The molecule has 2 aliphatic rings. The minimum absolute atomic E-state index is 0.314.